The van der Waals surface area contributed by atoms with Crippen LogP contribution in [0.3, 0.4) is 0 Å². The molecule has 0 spiro atoms. The monoisotopic (exact) mass is 367 g/mol. The van der Waals surface area contributed by atoms with Crippen LogP contribution in [0.15, 0.2) is 28.8 Å². The van der Waals surface area contributed by atoms with Gasteiger partial charge < -0.3 is 18.7 Å². The average molecular weight is 368 g/mol. The van der Waals surface area contributed by atoms with Gasteiger partial charge in [-0.3, -0.25) is 4.79 Å². The van der Waals surface area contributed by atoms with Gasteiger partial charge in [0.25, 0.3) is 0 Å². The number of nitrogens with zero attached hydrogens (tertiary/aromatic N) is 1. The molecule has 0 unspecified atom stereocenters. The first kappa shape index (κ1) is 14.9. The number of rotatable bonds is 5. The van der Waals surface area contributed by atoms with Crippen molar-refractivity contribution in [3.8, 4) is 22.8 Å². The Kier molecular flexibility index (Phi) is 4.62. The number of hydrogen-bond acceptors (Lipinski definition) is 6. The normalized spacial score (nSPS) is 13.0. The predicted octanol–water partition coefficient (Wildman–Crippen LogP) is 2.94. The number of carbonyl (C=O) groups excluding carboxylic acids is 1. The minimum Gasteiger partial charge on any atom is -0.486 e. The van der Waals surface area contributed by atoms with Crippen molar-refractivity contribution in [1.82, 2.24) is 5.16 Å². The lowest BCUT2D eigenvalue weighted by Gasteiger charge is -2.18. The molecular formula is C15H14BrNO5. The highest BCUT2D eigenvalue weighted by Gasteiger charge is 2.15. The average Bonchev–Trinajstić information content (AvgIpc) is 3.02. The van der Waals surface area contributed by atoms with Gasteiger partial charge in [0.2, 0.25) is 0 Å². The molecule has 0 bridgehead atoms. The molecule has 22 heavy (non-hydrogen) atoms. The quantitative estimate of drug-likeness (QED) is 0.597. The van der Waals surface area contributed by atoms with Crippen molar-refractivity contribution in [2.45, 2.75) is 13.0 Å². The number of halogens is 1. The highest BCUT2D eigenvalue weighted by atomic mass is 79.9. The van der Waals surface area contributed by atoms with Gasteiger partial charge in [-0.25, -0.2) is 0 Å². The summed E-state index contributed by atoms with van der Waals surface area (Å²) in [6.45, 7) is 1.18. The Morgan fingerprint density at radius 1 is 1.23 bits per heavy atom. The van der Waals surface area contributed by atoms with Crippen molar-refractivity contribution in [2.75, 3.05) is 18.5 Å². The third kappa shape index (κ3) is 3.41. The number of alkyl halides is 1. The number of fused-ring (bicyclic) bond motifs is 1. The van der Waals surface area contributed by atoms with Gasteiger partial charge in [-0.05, 0) is 18.2 Å². The van der Waals surface area contributed by atoms with E-state index < -0.39 is 0 Å². The molecule has 0 radical (unpaired) electrons. The molecule has 7 heteroatoms. The summed E-state index contributed by atoms with van der Waals surface area (Å²) < 4.78 is 21.4. The van der Waals surface area contributed by atoms with Crippen LogP contribution in [0.4, 0.5) is 0 Å². The minimum atomic E-state index is -0.277. The van der Waals surface area contributed by atoms with E-state index in [1.807, 2.05) is 18.2 Å². The molecule has 0 atom stereocenters. The number of aromatic nitrogens is 1. The van der Waals surface area contributed by atoms with Gasteiger partial charge in [-0.2, -0.15) is 0 Å². The molecule has 116 valence electrons. The van der Waals surface area contributed by atoms with E-state index in [1.54, 1.807) is 6.07 Å². The Balaban J connectivity index is 1.69. The second-order valence-corrected chi connectivity index (χ2v) is 5.43. The maximum absolute atomic E-state index is 11.3. The van der Waals surface area contributed by atoms with Gasteiger partial charge in [0.1, 0.15) is 25.5 Å². The summed E-state index contributed by atoms with van der Waals surface area (Å²) in [5.74, 6) is 1.72. The molecule has 0 aliphatic carbocycles. The van der Waals surface area contributed by atoms with E-state index in [2.05, 4.69) is 21.1 Å². The van der Waals surface area contributed by atoms with Crippen LogP contribution in [-0.2, 0) is 16.1 Å². The highest BCUT2D eigenvalue weighted by Crippen LogP contribution is 2.34. The predicted molar refractivity (Wildman–Crippen MR) is 81.1 cm³/mol. The molecular weight excluding hydrogens is 354 g/mol. The van der Waals surface area contributed by atoms with Crippen molar-refractivity contribution in [2.24, 2.45) is 0 Å². The Morgan fingerprint density at radius 2 is 2.05 bits per heavy atom. The number of carbonyl (C=O) groups is 1. The minimum absolute atomic E-state index is 0.0971. The Hall–Kier alpha value is -2.02. The van der Waals surface area contributed by atoms with Crippen molar-refractivity contribution >= 4 is 21.9 Å². The van der Waals surface area contributed by atoms with Crippen molar-refractivity contribution in [3.63, 3.8) is 0 Å². The summed E-state index contributed by atoms with van der Waals surface area (Å²) in [7, 11) is 0. The zero-order valence-corrected chi connectivity index (χ0v) is 13.3. The van der Waals surface area contributed by atoms with Crippen LogP contribution in [-0.4, -0.2) is 29.7 Å². The molecule has 1 aromatic carbocycles. The van der Waals surface area contributed by atoms with E-state index in [0.717, 1.165) is 11.3 Å². The zero-order valence-electron chi connectivity index (χ0n) is 11.7. The third-order valence-electron chi connectivity index (χ3n) is 3.07. The molecule has 3 rings (SSSR count). The molecule has 0 fully saturated rings. The summed E-state index contributed by atoms with van der Waals surface area (Å²) >= 11 is 3.18. The van der Waals surface area contributed by atoms with E-state index in [4.69, 9.17) is 18.7 Å². The summed E-state index contributed by atoms with van der Waals surface area (Å²) in [6, 6.07) is 7.29. The van der Waals surface area contributed by atoms with Crippen molar-refractivity contribution in [3.05, 3.63) is 30.0 Å². The molecule has 1 aromatic heterocycles. The molecule has 0 saturated heterocycles. The smallest absolute Gasteiger partial charge is 0.307 e. The van der Waals surface area contributed by atoms with Gasteiger partial charge in [0.05, 0.1) is 6.42 Å². The van der Waals surface area contributed by atoms with Crippen molar-refractivity contribution in [1.29, 1.82) is 0 Å². The third-order valence-corrected chi connectivity index (χ3v) is 3.46. The lowest BCUT2D eigenvalue weighted by molar-refractivity contribution is -0.144. The first-order valence-corrected chi connectivity index (χ1v) is 7.95. The number of benzene rings is 1. The molecule has 1 aliphatic heterocycles. The van der Waals surface area contributed by atoms with Crippen LogP contribution in [0.1, 0.15) is 12.1 Å². The lowest BCUT2D eigenvalue weighted by Crippen LogP contribution is -2.15. The van der Waals surface area contributed by atoms with Crippen LogP contribution in [0, 0.1) is 0 Å². The molecule has 0 N–H and O–H groups in total. The second kappa shape index (κ2) is 6.83. The zero-order chi connectivity index (χ0) is 15.4. The largest absolute Gasteiger partial charge is 0.486 e. The Morgan fingerprint density at radius 3 is 2.86 bits per heavy atom. The van der Waals surface area contributed by atoms with E-state index >= 15 is 0 Å². The van der Waals surface area contributed by atoms with Gasteiger partial charge in [0.15, 0.2) is 17.3 Å². The fourth-order valence-electron chi connectivity index (χ4n) is 2.02. The number of esters is 1. The fraction of sp³-hybridized carbons (Fsp3) is 0.333. The lowest BCUT2D eigenvalue weighted by atomic mass is 10.1. The Bertz CT molecular complexity index is 670. The standard InChI is InChI=1S/C15H14BrNO5/c16-4-3-15(18)21-9-11-8-13(22-17-11)10-1-2-12-14(7-10)20-6-5-19-12/h1-2,7-8H,3-6,9H2. The molecule has 1 aliphatic rings. The number of hydrogen-bond donors (Lipinski definition) is 0. The molecule has 2 aromatic rings. The fourth-order valence-corrected chi connectivity index (χ4v) is 2.34. The topological polar surface area (TPSA) is 70.8 Å². The van der Waals surface area contributed by atoms with Gasteiger partial charge in [-0.15, -0.1) is 0 Å². The van der Waals surface area contributed by atoms with E-state index in [0.29, 0.717) is 42.2 Å². The van der Waals surface area contributed by atoms with Gasteiger partial charge >= 0.3 is 5.97 Å². The van der Waals surface area contributed by atoms with Crippen LogP contribution in [0.5, 0.6) is 11.5 Å². The summed E-state index contributed by atoms with van der Waals surface area (Å²) in [5, 5.41) is 4.48. The van der Waals surface area contributed by atoms with Gasteiger partial charge in [-0.1, -0.05) is 21.1 Å². The molecule has 6 nitrogen and oxygen atoms in total. The SMILES string of the molecule is O=C(CCBr)OCc1cc(-c2ccc3c(c2)OCCO3)on1. The van der Waals surface area contributed by atoms with E-state index in [1.165, 1.54) is 0 Å². The molecule has 2 heterocycles. The summed E-state index contributed by atoms with van der Waals surface area (Å²) in [4.78, 5) is 11.3. The first-order valence-electron chi connectivity index (χ1n) is 6.83. The first-order chi connectivity index (χ1) is 10.8. The van der Waals surface area contributed by atoms with E-state index in [9.17, 15) is 4.79 Å². The molecule has 0 amide bonds. The maximum Gasteiger partial charge on any atom is 0.307 e. The van der Waals surface area contributed by atoms with Crippen LogP contribution >= 0.6 is 15.9 Å². The highest BCUT2D eigenvalue weighted by molar-refractivity contribution is 9.09. The number of ether oxygens (including phenoxy) is 3. The maximum atomic E-state index is 11.3. The van der Waals surface area contributed by atoms with Crippen molar-refractivity contribution < 1.29 is 23.5 Å². The van der Waals surface area contributed by atoms with E-state index in [-0.39, 0.29) is 12.6 Å². The van der Waals surface area contributed by atoms with Crippen LogP contribution < -0.4 is 9.47 Å². The van der Waals surface area contributed by atoms with Crippen LogP contribution in [0.2, 0.25) is 0 Å². The van der Waals surface area contributed by atoms with Crippen LogP contribution in [0.25, 0.3) is 11.3 Å². The second-order valence-electron chi connectivity index (χ2n) is 4.64. The summed E-state index contributed by atoms with van der Waals surface area (Å²) in [5.41, 5.74) is 1.39. The van der Waals surface area contributed by atoms with Gasteiger partial charge in [0, 0.05) is 17.0 Å². The summed E-state index contributed by atoms with van der Waals surface area (Å²) in [6.07, 6.45) is 0.326. The molecule has 0 saturated carbocycles. The Labute approximate surface area is 135 Å².